The summed E-state index contributed by atoms with van der Waals surface area (Å²) < 4.78 is 31.6. The van der Waals surface area contributed by atoms with Gasteiger partial charge in [0.15, 0.2) is 6.61 Å². The maximum atomic E-state index is 12.6. The van der Waals surface area contributed by atoms with E-state index >= 15 is 0 Å². The molecule has 1 amide bonds. The zero-order chi connectivity index (χ0) is 20.7. The number of carbonyl (C=O) groups is 2. The molecule has 1 aliphatic carbocycles. The highest BCUT2D eigenvalue weighted by Gasteiger charge is 2.24. The van der Waals surface area contributed by atoms with Crippen LogP contribution in [0, 0.1) is 5.92 Å². The molecular weight excluding hydrogens is 380 g/mol. The molecular formula is C20H30N2O5S. The lowest BCUT2D eigenvalue weighted by atomic mass is 9.86. The van der Waals surface area contributed by atoms with E-state index in [4.69, 9.17) is 4.74 Å². The van der Waals surface area contributed by atoms with Gasteiger partial charge in [-0.3, -0.25) is 4.79 Å². The summed E-state index contributed by atoms with van der Waals surface area (Å²) >= 11 is 0. The molecule has 7 nitrogen and oxygen atoms in total. The molecule has 1 saturated carbocycles. The Morgan fingerprint density at radius 2 is 1.86 bits per heavy atom. The first-order valence-corrected chi connectivity index (χ1v) is 11.3. The number of ether oxygens (including phenoxy) is 1. The van der Waals surface area contributed by atoms with Crippen LogP contribution < -0.4 is 5.32 Å². The molecule has 1 aromatic carbocycles. The third-order valence-electron chi connectivity index (χ3n) is 5.21. The van der Waals surface area contributed by atoms with Crippen molar-refractivity contribution in [1.29, 1.82) is 0 Å². The van der Waals surface area contributed by atoms with Gasteiger partial charge in [-0.2, -0.15) is 4.31 Å². The molecule has 1 aromatic rings. The van der Waals surface area contributed by atoms with Crippen molar-refractivity contribution in [2.75, 3.05) is 19.7 Å². The minimum absolute atomic E-state index is 0.0335. The monoisotopic (exact) mass is 410 g/mol. The molecule has 0 aliphatic heterocycles. The summed E-state index contributed by atoms with van der Waals surface area (Å²) in [5.74, 6) is -0.641. The van der Waals surface area contributed by atoms with Gasteiger partial charge in [0.05, 0.1) is 10.5 Å². The van der Waals surface area contributed by atoms with Crippen molar-refractivity contribution in [3.05, 3.63) is 29.8 Å². The zero-order valence-electron chi connectivity index (χ0n) is 16.8. The van der Waals surface area contributed by atoms with Gasteiger partial charge in [0.25, 0.3) is 5.91 Å². The minimum Gasteiger partial charge on any atom is -0.452 e. The van der Waals surface area contributed by atoms with Crippen LogP contribution in [0.2, 0.25) is 0 Å². The SMILES string of the molecule is CCN(CC)S(=O)(=O)c1cccc(C(=O)OCC(=O)N[C@@H]2CCCC[C@@H]2C)c1. The number of hydrogen-bond donors (Lipinski definition) is 1. The average molecular weight is 411 g/mol. The topological polar surface area (TPSA) is 92.8 Å². The summed E-state index contributed by atoms with van der Waals surface area (Å²) in [6.07, 6.45) is 4.28. The highest BCUT2D eigenvalue weighted by molar-refractivity contribution is 7.89. The second-order valence-electron chi connectivity index (χ2n) is 7.13. The maximum absolute atomic E-state index is 12.6. The smallest absolute Gasteiger partial charge is 0.338 e. The lowest BCUT2D eigenvalue weighted by Gasteiger charge is -2.29. The minimum atomic E-state index is -3.67. The molecule has 0 unspecified atom stereocenters. The van der Waals surface area contributed by atoms with E-state index in [1.165, 1.54) is 35.0 Å². The highest BCUT2D eigenvalue weighted by atomic mass is 32.2. The second-order valence-corrected chi connectivity index (χ2v) is 9.07. The molecule has 1 N–H and O–H groups in total. The van der Waals surface area contributed by atoms with Crippen molar-refractivity contribution in [3.63, 3.8) is 0 Å². The van der Waals surface area contributed by atoms with Crippen LogP contribution in [-0.4, -0.2) is 50.3 Å². The van der Waals surface area contributed by atoms with Gasteiger partial charge < -0.3 is 10.1 Å². The molecule has 156 valence electrons. The predicted octanol–water partition coefficient (Wildman–Crippen LogP) is 2.57. The lowest BCUT2D eigenvalue weighted by Crippen LogP contribution is -2.42. The number of esters is 1. The highest BCUT2D eigenvalue weighted by Crippen LogP contribution is 2.23. The van der Waals surface area contributed by atoms with E-state index in [9.17, 15) is 18.0 Å². The average Bonchev–Trinajstić information content (AvgIpc) is 2.68. The van der Waals surface area contributed by atoms with Gasteiger partial charge in [-0.15, -0.1) is 0 Å². The summed E-state index contributed by atoms with van der Waals surface area (Å²) in [5, 5.41) is 2.92. The zero-order valence-corrected chi connectivity index (χ0v) is 17.6. The van der Waals surface area contributed by atoms with Crippen LogP contribution >= 0.6 is 0 Å². The predicted molar refractivity (Wildman–Crippen MR) is 106 cm³/mol. The molecule has 0 heterocycles. The molecule has 0 aromatic heterocycles. The summed E-state index contributed by atoms with van der Waals surface area (Å²) in [6.45, 7) is 5.92. The van der Waals surface area contributed by atoms with E-state index in [1.54, 1.807) is 13.8 Å². The van der Waals surface area contributed by atoms with Crippen molar-refractivity contribution >= 4 is 21.9 Å². The van der Waals surface area contributed by atoms with Crippen LogP contribution in [0.5, 0.6) is 0 Å². The molecule has 0 radical (unpaired) electrons. The first kappa shape index (κ1) is 22.4. The molecule has 8 heteroatoms. The molecule has 0 bridgehead atoms. The lowest BCUT2D eigenvalue weighted by molar-refractivity contribution is -0.125. The Bertz CT molecular complexity index is 790. The van der Waals surface area contributed by atoms with E-state index in [0.717, 1.165) is 19.3 Å². The van der Waals surface area contributed by atoms with Crippen molar-refractivity contribution in [2.45, 2.75) is 57.4 Å². The number of nitrogens with one attached hydrogen (secondary N) is 1. The number of hydrogen-bond acceptors (Lipinski definition) is 5. The molecule has 0 spiro atoms. The van der Waals surface area contributed by atoms with Crippen molar-refractivity contribution in [2.24, 2.45) is 5.92 Å². The van der Waals surface area contributed by atoms with Gasteiger partial charge in [-0.05, 0) is 37.0 Å². The Balaban J connectivity index is 1.98. The first-order chi connectivity index (χ1) is 13.3. The Morgan fingerprint density at radius 3 is 2.50 bits per heavy atom. The number of rotatable bonds is 8. The van der Waals surface area contributed by atoms with Crippen LogP contribution in [0.15, 0.2) is 29.2 Å². The Labute approximate surface area is 167 Å². The van der Waals surface area contributed by atoms with Gasteiger partial charge in [0.2, 0.25) is 10.0 Å². The van der Waals surface area contributed by atoms with Crippen molar-refractivity contribution in [1.82, 2.24) is 9.62 Å². The fourth-order valence-corrected chi connectivity index (χ4v) is 4.99. The number of carbonyl (C=O) groups excluding carboxylic acids is 2. The van der Waals surface area contributed by atoms with Crippen LogP contribution in [0.3, 0.4) is 0 Å². The number of benzene rings is 1. The number of nitrogens with zero attached hydrogens (tertiary/aromatic N) is 1. The third-order valence-corrected chi connectivity index (χ3v) is 7.25. The number of amides is 1. The molecule has 1 fully saturated rings. The van der Waals surface area contributed by atoms with Gasteiger partial charge in [0, 0.05) is 19.1 Å². The van der Waals surface area contributed by atoms with E-state index in [-0.39, 0.29) is 29.0 Å². The van der Waals surface area contributed by atoms with Crippen molar-refractivity contribution < 1.29 is 22.7 Å². The fourth-order valence-electron chi connectivity index (χ4n) is 3.49. The third kappa shape index (κ3) is 5.54. The van der Waals surface area contributed by atoms with Gasteiger partial charge in [0.1, 0.15) is 0 Å². The Kier molecular flexibility index (Phi) is 8.00. The van der Waals surface area contributed by atoms with E-state index in [1.807, 2.05) is 0 Å². The second kappa shape index (κ2) is 10.0. The number of sulfonamides is 1. The maximum Gasteiger partial charge on any atom is 0.338 e. The van der Waals surface area contributed by atoms with Crippen LogP contribution in [0.25, 0.3) is 0 Å². The molecule has 0 saturated heterocycles. The largest absolute Gasteiger partial charge is 0.452 e. The quantitative estimate of drug-likeness (QED) is 0.665. The van der Waals surface area contributed by atoms with Gasteiger partial charge >= 0.3 is 5.97 Å². The summed E-state index contributed by atoms with van der Waals surface area (Å²) in [6, 6.07) is 5.82. The molecule has 2 rings (SSSR count). The van der Waals surface area contributed by atoms with E-state index in [0.29, 0.717) is 19.0 Å². The molecule has 28 heavy (non-hydrogen) atoms. The Hall–Kier alpha value is -1.93. The normalized spacial score (nSPS) is 20.0. The van der Waals surface area contributed by atoms with Crippen LogP contribution in [-0.2, 0) is 19.6 Å². The Morgan fingerprint density at radius 1 is 1.18 bits per heavy atom. The molecule has 1 aliphatic rings. The van der Waals surface area contributed by atoms with E-state index in [2.05, 4.69) is 12.2 Å². The van der Waals surface area contributed by atoms with Crippen molar-refractivity contribution in [3.8, 4) is 0 Å². The van der Waals surface area contributed by atoms with Crippen LogP contribution in [0.1, 0.15) is 56.8 Å². The molecule has 2 atom stereocenters. The summed E-state index contributed by atoms with van der Waals surface area (Å²) in [4.78, 5) is 24.4. The summed E-state index contributed by atoms with van der Waals surface area (Å²) in [5.41, 5.74) is 0.104. The fraction of sp³-hybridized carbons (Fsp3) is 0.600. The summed E-state index contributed by atoms with van der Waals surface area (Å²) in [7, 11) is -3.67. The van der Waals surface area contributed by atoms with Crippen LogP contribution in [0.4, 0.5) is 0 Å². The first-order valence-electron chi connectivity index (χ1n) is 9.86. The van der Waals surface area contributed by atoms with E-state index < -0.39 is 16.0 Å². The van der Waals surface area contributed by atoms with Gasteiger partial charge in [-0.1, -0.05) is 39.7 Å². The standard InChI is InChI=1S/C20H30N2O5S/c1-4-22(5-2)28(25,26)17-11-8-10-16(13-17)20(24)27-14-19(23)21-18-12-7-6-9-15(18)3/h8,10-11,13,15,18H,4-7,9,12,14H2,1-3H3,(H,21,23)/t15-,18+/m0/s1. The van der Waals surface area contributed by atoms with Gasteiger partial charge in [-0.25, -0.2) is 13.2 Å².